The van der Waals surface area contributed by atoms with Gasteiger partial charge in [0.05, 0.1) is 21.9 Å². The highest BCUT2D eigenvalue weighted by atomic mass is 16.2. The summed E-state index contributed by atoms with van der Waals surface area (Å²) in [6, 6.07) is 10.4. The molecule has 1 aliphatic rings. The van der Waals surface area contributed by atoms with Gasteiger partial charge in [-0.2, -0.15) is 0 Å². The maximum atomic E-state index is 12.6. The molecule has 7 nitrogen and oxygen atoms in total. The third kappa shape index (κ3) is 1.34. The van der Waals surface area contributed by atoms with E-state index in [9.17, 15) is 14.4 Å². The Morgan fingerprint density at radius 1 is 0.870 bits per heavy atom. The smallest absolute Gasteiger partial charge is 0.268 e. The lowest BCUT2D eigenvalue weighted by Crippen LogP contribution is -2.19. The molecular formula is C16H8N4O3. The number of hydrogen-bond acceptors (Lipinski definition) is 4. The summed E-state index contributed by atoms with van der Waals surface area (Å²) in [5.41, 5.74) is 1.33. The number of benzene rings is 2. The van der Waals surface area contributed by atoms with Gasteiger partial charge in [-0.3, -0.25) is 29.1 Å². The first-order valence-corrected chi connectivity index (χ1v) is 6.97. The Morgan fingerprint density at radius 2 is 1.61 bits per heavy atom. The van der Waals surface area contributed by atoms with Crippen molar-refractivity contribution >= 4 is 27.7 Å². The average molecular weight is 304 g/mol. The monoisotopic (exact) mass is 304 g/mol. The van der Waals surface area contributed by atoms with Crippen LogP contribution in [0.1, 0.15) is 10.4 Å². The van der Waals surface area contributed by atoms with Crippen molar-refractivity contribution in [1.82, 2.24) is 19.7 Å². The number of hydrogen-bond donors (Lipinski definition) is 2. The summed E-state index contributed by atoms with van der Waals surface area (Å²) in [7, 11) is 0. The zero-order chi connectivity index (χ0) is 15.7. The van der Waals surface area contributed by atoms with Crippen LogP contribution in [0.25, 0.3) is 33.2 Å². The fraction of sp³-hybridized carbons (Fsp3) is 0. The van der Waals surface area contributed by atoms with Crippen LogP contribution in [0.4, 0.5) is 0 Å². The summed E-state index contributed by atoms with van der Waals surface area (Å²) in [6.45, 7) is 0. The maximum Gasteiger partial charge on any atom is 0.272 e. The van der Waals surface area contributed by atoms with Gasteiger partial charge in [0.1, 0.15) is 11.3 Å². The molecule has 2 aromatic carbocycles. The third-order valence-electron chi connectivity index (χ3n) is 4.19. The second-order valence-electron chi connectivity index (χ2n) is 5.39. The topological polar surface area (TPSA) is 101 Å². The van der Waals surface area contributed by atoms with Gasteiger partial charge in [0.15, 0.2) is 0 Å². The lowest BCUT2D eigenvalue weighted by atomic mass is 10.1. The summed E-state index contributed by atoms with van der Waals surface area (Å²) in [5, 5.41) is 5.03. The quantitative estimate of drug-likeness (QED) is 0.449. The number of aromatic nitrogens is 4. The van der Waals surface area contributed by atoms with Crippen LogP contribution in [0.3, 0.4) is 0 Å². The van der Waals surface area contributed by atoms with E-state index in [2.05, 4.69) is 15.2 Å². The first-order chi connectivity index (χ1) is 11.2. The molecule has 4 aromatic rings. The zero-order valence-electron chi connectivity index (χ0n) is 11.6. The highest BCUT2D eigenvalue weighted by molar-refractivity contribution is 6.16. The molecule has 0 radical (unpaired) electrons. The first-order valence-electron chi connectivity index (χ1n) is 6.97. The SMILES string of the molecule is O=C1c2ccccc2-c2nc3c4c(=O)[nH][nH]c(=O)c4ccc3n21. The number of imidazole rings is 1. The van der Waals surface area contributed by atoms with Gasteiger partial charge < -0.3 is 0 Å². The van der Waals surface area contributed by atoms with Crippen molar-refractivity contribution in [2.24, 2.45) is 0 Å². The number of nitrogens with one attached hydrogen (secondary N) is 2. The van der Waals surface area contributed by atoms with Gasteiger partial charge in [-0.1, -0.05) is 18.2 Å². The summed E-state index contributed by atoms with van der Waals surface area (Å²) >= 11 is 0. The maximum absolute atomic E-state index is 12.6. The van der Waals surface area contributed by atoms with Crippen LogP contribution in [0.5, 0.6) is 0 Å². The minimum atomic E-state index is -0.442. The van der Waals surface area contributed by atoms with E-state index in [1.165, 1.54) is 10.6 Å². The summed E-state index contributed by atoms with van der Waals surface area (Å²) in [4.78, 5) is 41.1. The van der Waals surface area contributed by atoms with Crippen LogP contribution in [0, 0.1) is 0 Å². The van der Waals surface area contributed by atoms with Gasteiger partial charge in [-0.15, -0.1) is 0 Å². The van der Waals surface area contributed by atoms with Crippen LogP contribution in [-0.2, 0) is 0 Å². The molecule has 3 heterocycles. The predicted molar refractivity (Wildman–Crippen MR) is 83.6 cm³/mol. The predicted octanol–water partition coefficient (Wildman–Crippen LogP) is 1.23. The normalized spacial score (nSPS) is 12.8. The van der Waals surface area contributed by atoms with Crippen molar-refractivity contribution in [2.45, 2.75) is 0 Å². The molecule has 0 amide bonds. The number of nitrogens with zero attached hydrogens (tertiary/aromatic N) is 2. The van der Waals surface area contributed by atoms with Crippen molar-refractivity contribution in [3.63, 3.8) is 0 Å². The van der Waals surface area contributed by atoms with E-state index in [0.29, 0.717) is 22.4 Å². The fourth-order valence-corrected chi connectivity index (χ4v) is 3.18. The van der Waals surface area contributed by atoms with Crippen LogP contribution >= 0.6 is 0 Å². The molecule has 0 saturated heterocycles. The molecular weight excluding hydrogens is 296 g/mol. The molecule has 7 heteroatoms. The first kappa shape index (κ1) is 12.1. The molecule has 0 aliphatic carbocycles. The Balaban J connectivity index is 2.04. The Hall–Kier alpha value is -3.48. The van der Waals surface area contributed by atoms with Crippen molar-refractivity contribution < 1.29 is 4.79 Å². The minimum Gasteiger partial charge on any atom is -0.268 e. The average Bonchev–Trinajstić information content (AvgIpc) is 3.08. The second kappa shape index (κ2) is 3.83. The lowest BCUT2D eigenvalue weighted by Gasteiger charge is -2.00. The molecule has 0 atom stereocenters. The number of rotatable bonds is 0. The molecule has 0 saturated carbocycles. The van der Waals surface area contributed by atoms with Crippen LogP contribution < -0.4 is 11.1 Å². The number of fused-ring (bicyclic) bond motifs is 7. The summed E-state index contributed by atoms with van der Waals surface area (Å²) in [6.07, 6.45) is 0. The van der Waals surface area contributed by atoms with E-state index in [4.69, 9.17) is 0 Å². The number of H-pyrrole nitrogens is 2. The van der Waals surface area contributed by atoms with Gasteiger partial charge in [-0.05, 0) is 18.2 Å². The largest absolute Gasteiger partial charge is 0.272 e. The molecule has 0 spiro atoms. The van der Waals surface area contributed by atoms with E-state index in [1.54, 1.807) is 18.2 Å². The van der Waals surface area contributed by atoms with Gasteiger partial charge in [0.25, 0.3) is 17.0 Å². The molecule has 1 aliphatic heterocycles. The van der Waals surface area contributed by atoms with Crippen LogP contribution in [0.15, 0.2) is 46.0 Å². The lowest BCUT2D eigenvalue weighted by molar-refractivity contribution is 0.0973. The number of carbonyl (C=O) groups excluding carboxylic acids is 1. The Morgan fingerprint density at radius 3 is 2.43 bits per heavy atom. The van der Waals surface area contributed by atoms with E-state index in [-0.39, 0.29) is 16.7 Å². The second-order valence-corrected chi connectivity index (χ2v) is 5.39. The van der Waals surface area contributed by atoms with Crippen LogP contribution in [-0.4, -0.2) is 25.7 Å². The molecule has 110 valence electrons. The molecule has 2 N–H and O–H groups in total. The van der Waals surface area contributed by atoms with Crippen molar-refractivity contribution in [1.29, 1.82) is 0 Å². The van der Waals surface area contributed by atoms with Gasteiger partial charge in [0, 0.05) is 5.56 Å². The highest BCUT2D eigenvalue weighted by Gasteiger charge is 2.30. The van der Waals surface area contributed by atoms with Gasteiger partial charge in [-0.25, -0.2) is 4.98 Å². The zero-order valence-corrected chi connectivity index (χ0v) is 11.6. The van der Waals surface area contributed by atoms with Crippen molar-refractivity contribution in [3.8, 4) is 11.4 Å². The Bertz CT molecular complexity index is 1280. The molecule has 0 unspecified atom stereocenters. The molecule has 0 bridgehead atoms. The van der Waals surface area contributed by atoms with Crippen molar-refractivity contribution in [3.05, 3.63) is 62.7 Å². The van der Waals surface area contributed by atoms with E-state index in [0.717, 1.165) is 5.56 Å². The minimum absolute atomic E-state index is 0.182. The van der Waals surface area contributed by atoms with Gasteiger partial charge >= 0.3 is 0 Å². The Kier molecular flexibility index (Phi) is 2.02. The summed E-state index contributed by atoms with van der Waals surface area (Å²) < 4.78 is 1.49. The van der Waals surface area contributed by atoms with Gasteiger partial charge in [0.2, 0.25) is 0 Å². The number of aromatic amines is 2. The molecule has 5 rings (SSSR count). The van der Waals surface area contributed by atoms with Crippen LogP contribution in [0.2, 0.25) is 0 Å². The third-order valence-corrected chi connectivity index (χ3v) is 4.19. The van der Waals surface area contributed by atoms with E-state index in [1.807, 2.05) is 12.1 Å². The van der Waals surface area contributed by atoms with E-state index >= 15 is 0 Å². The fourth-order valence-electron chi connectivity index (χ4n) is 3.18. The molecule has 23 heavy (non-hydrogen) atoms. The molecule has 0 fully saturated rings. The summed E-state index contributed by atoms with van der Waals surface area (Å²) in [5.74, 6) is 0.312. The van der Waals surface area contributed by atoms with Crippen molar-refractivity contribution in [2.75, 3.05) is 0 Å². The molecule has 2 aromatic heterocycles. The number of carbonyl (C=O) groups is 1. The van der Waals surface area contributed by atoms with E-state index < -0.39 is 11.1 Å². The highest BCUT2D eigenvalue weighted by Crippen LogP contribution is 2.35. The Labute approximate surface area is 127 Å². The standard InChI is InChI=1S/C16H8N4O3/c21-14-9-5-6-10-12(11(9)15(22)19-18-14)17-13-7-3-1-2-4-8(7)16(23)20(10)13/h1-6H,(H,18,21)(H,19,22).